The van der Waals surface area contributed by atoms with Crippen LogP contribution in [0.4, 0.5) is 0 Å². The van der Waals surface area contributed by atoms with Crippen LogP contribution in [0.2, 0.25) is 18.1 Å². The van der Waals surface area contributed by atoms with Gasteiger partial charge in [0.05, 0.1) is 6.61 Å². The van der Waals surface area contributed by atoms with Crippen molar-refractivity contribution in [2.24, 2.45) is 11.8 Å². The Bertz CT molecular complexity index is 432. The van der Waals surface area contributed by atoms with E-state index in [1.807, 2.05) is 0 Å². The Morgan fingerprint density at radius 2 is 2.00 bits per heavy atom. The van der Waals surface area contributed by atoms with Gasteiger partial charge >= 0.3 is 0 Å². The predicted molar refractivity (Wildman–Crippen MR) is 93.4 cm³/mol. The van der Waals surface area contributed by atoms with E-state index >= 15 is 0 Å². The second-order valence-corrected chi connectivity index (χ2v) is 12.8. The monoisotopic (exact) mass is 324 g/mol. The smallest absolute Gasteiger partial charge is 0.192 e. The normalized spacial score (nSPS) is 24.5. The molecule has 1 aliphatic rings. The van der Waals surface area contributed by atoms with Gasteiger partial charge in [-0.15, -0.1) is 0 Å². The van der Waals surface area contributed by atoms with Crippen LogP contribution in [0.5, 0.6) is 0 Å². The third-order valence-corrected chi connectivity index (χ3v) is 9.93. The number of hydrogen-bond acceptors (Lipinski definition) is 3. The second-order valence-electron chi connectivity index (χ2n) is 7.99. The summed E-state index contributed by atoms with van der Waals surface area (Å²) in [6.07, 6.45) is 5.95. The number of carbonyl (C=O) groups excluding carboxylic acids is 2. The summed E-state index contributed by atoms with van der Waals surface area (Å²) in [5.74, 6) is 0.353. The van der Waals surface area contributed by atoms with E-state index in [0.29, 0.717) is 19.4 Å². The van der Waals surface area contributed by atoms with Crippen molar-refractivity contribution < 1.29 is 14.0 Å². The van der Waals surface area contributed by atoms with Gasteiger partial charge in [-0.25, -0.2) is 0 Å². The molecular formula is C18H32O3Si. The molecule has 3 nitrogen and oxygen atoms in total. The molecule has 4 heteroatoms. The number of allylic oxidation sites excluding steroid dienone is 1. The van der Waals surface area contributed by atoms with Crippen molar-refractivity contribution in [3.8, 4) is 0 Å². The van der Waals surface area contributed by atoms with E-state index in [1.54, 1.807) is 0 Å². The lowest BCUT2D eigenvalue weighted by atomic mass is 9.73. The van der Waals surface area contributed by atoms with Crippen LogP contribution in [0.3, 0.4) is 0 Å². The Labute approximate surface area is 136 Å². The molecule has 0 N–H and O–H groups in total. The first kappa shape index (κ1) is 19.3. The highest BCUT2D eigenvalue weighted by molar-refractivity contribution is 6.74. The molecule has 0 aliphatic heterocycles. The molecule has 1 rings (SSSR count). The van der Waals surface area contributed by atoms with Crippen molar-refractivity contribution in [3.63, 3.8) is 0 Å². The van der Waals surface area contributed by atoms with Gasteiger partial charge in [-0.1, -0.05) is 32.4 Å². The van der Waals surface area contributed by atoms with Crippen LogP contribution < -0.4 is 0 Å². The minimum absolute atomic E-state index is 0.115. The zero-order valence-electron chi connectivity index (χ0n) is 15.1. The Kier molecular flexibility index (Phi) is 6.75. The van der Waals surface area contributed by atoms with E-state index in [4.69, 9.17) is 4.43 Å². The minimum Gasteiger partial charge on any atom is -0.413 e. The largest absolute Gasteiger partial charge is 0.413 e. The quantitative estimate of drug-likeness (QED) is 0.409. The van der Waals surface area contributed by atoms with Crippen molar-refractivity contribution in [2.45, 2.75) is 71.5 Å². The van der Waals surface area contributed by atoms with E-state index in [-0.39, 0.29) is 22.7 Å². The summed E-state index contributed by atoms with van der Waals surface area (Å²) in [5.41, 5.74) is 1.21. The maximum Gasteiger partial charge on any atom is 0.192 e. The van der Waals surface area contributed by atoms with Crippen molar-refractivity contribution >= 4 is 20.4 Å². The highest BCUT2D eigenvalue weighted by Crippen LogP contribution is 2.37. The topological polar surface area (TPSA) is 43.4 Å². The van der Waals surface area contributed by atoms with E-state index < -0.39 is 8.32 Å². The van der Waals surface area contributed by atoms with Crippen molar-refractivity contribution in [1.82, 2.24) is 0 Å². The van der Waals surface area contributed by atoms with E-state index in [0.717, 1.165) is 19.1 Å². The first-order chi connectivity index (χ1) is 10.1. The van der Waals surface area contributed by atoms with Gasteiger partial charge in [-0.05, 0) is 43.8 Å². The zero-order valence-corrected chi connectivity index (χ0v) is 16.1. The molecule has 0 bridgehead atoms. The van der Waals surface area contributed by atoms with Gasteiger partial charge < -0.3 is 9.22 Å². The Morgan fingerprint density at radius 1 is 1.36 bits per heavy atom. The number of carbonyl (C=O) groups is 2. The average molecular weight is 325 g/mol. The van der Waals surface area contributed by atoms with Crippen LogP contribution in [-0.4, -0.2) is 27.0 Å². The van der Waals surface area contributed by atoms with E-state index in [2.05, 4.69) is 46.9 Å². The molecule has 0 aromatic heterocycles. The van der Waals surface area contributed by atoms with E-state index in [1.165, 1.54) is 5.57 Å². The van der Waals surface area contributed by atoms with Crippen LogP contribution in [0.1, 0.15) is 53.4 Å². The average Bonchev–Trinajstić information content (AvgIpc) is 2.39. The summed E-state index contributed by atoms with van der Waals surface area (Å²) >= 11 is 0. The second kappa shape index (κ2) is 7.69. The third-order valence-electron chi connectivity index (χ3n) is 5.43. The van der Waals surface area contributed by atoms with Gasteiger partial charge in [-0.3, -0.25) is 4.79 Å². The molecule has 0 aromatic rings. The summed E-state index contributed by atoms with van der Waals surface area (Å²) in [5, 5.41) is 0.204. The van der Waals surface area contributed by atoms with Crippen LogP contribution in [-0.2, 0) is 14.0 Å². The fraction of sp³-hybridized carbons (Fsp3) is 0.778. The van der Waals surface area contributed by atoms with Crippen LogP contribution in [0.25, 0.3) is 0 Å². The summed E-state index contributed by atoms with van der Waals surface area (Å²) in [7, 11) is -1.73. The molecule has 2 atom stereocenters. The van der Waals surface area contributed by atoms with Gasteiger partial charge in [-0.2, -0.15) is 0 Å². The molecule has 0 heterocycles. The zero-order chi connectivity index (χ0) is 17.0. The molecule has 0 radical (unpaired) electrons. The third kappa shape index (κ3) is 4.88. The molecule has 0 spiro atoms. The number of aldehydes is 1. The number of rotatable bonds is 6. The standard InChI is InChI=1S/C18H32O3Si/c1-14(11-13-21-22(5,6)18(2,3)4)15-8-7-9-17(20)16(15)10-12-19/h11-12,15-16H,7-10,13H2,1-6H3/b14-11+/t15-,16-/m0/s1. The molecule has 126 valence electrons. The lowest BCUT2D eigenvalue weighted by molar-refractivity contribution is -0.128. The van der Waals surface area contributed by atoms with E-state index in [9.17, 15) is 9.59 Å². The Morgan fingerprint density at radius 3 is 2.55 bits per heavy atom. The minimum atomic E-state index is -1.73. The number of Topliss-reactive ketones (excluding diaryl/α,β-unsaturated/α-hetero) is 1. The van der Waals surface area contributed by atoms with Gasteiger partial charge in [0.15, 0.2) is 8.32 Å². The molecule has 1 saturated carbocycles. The molecular weight excluding hydrogens is 292 g/mol. The molecule has 0 unspecified atom stereocenters. The Hall–Kier alpha value is -0.743. The van der Waals surface area contributed by atoms with Crippen LogP contribution in [0.15, 0.2) is 11.6 Å². The van der Waals surface area contributed by atoms with Gasteiger partial charge in [0, 0.05) is 18.8 Å². The Balaban J connectivity index is 2.71. The molecule has 0 amide bonds. The summed E-state index contributed by atoms with van der Waals surface area (Å²) in [6, 6.07) is 0. The maximum absolute atomic E-state index is 12.1. The van der Waals surface area contributed by atoms with Crippen molar-refractivity contribution in [1.29, 1.82) is 0 Å². The first-order valence-electron chi connectivity index (χ1n) is 8.37. The van der Waals surface area contributed by atoms with Gasteiger partial charge in [0.25, 0.3) is 0 Å². The fourth-order valence-corrected chi connectivity index (χ4v) is 3.73. The lowest BCUT2D eigenvalue weighted by Gasteiger charge is -2.36. The van der Waals surface area contributed by atoms with Crippen LogP contribution in [0, 0.1) is 11.8 Å². The molecule has 22 heavy (non-hydrogen) atoms. The predicted octanol–water partition coefficient (Wildman–Crippen LogP) is 4.53. The highest BCUT2D eigenvalue weighted by atomic mass is 28.4. The first-order valence-corrected chi connectivity index (χ1v) is 11.3. The lowest BCUT2D eigenvalue weighted by Crippen LogP contribution is -2.40. The van der Waals surface area contributed by atoms with Crippen molar-refractivity contribution in [3.05, 3.63) is 11.6 Å². The maximum atomic E-state index is 12.1. The summed E-state index contributed by atoms with van der Waals surface area (Å²) in [6.45, 7) is 13.9. The molecule has 0 saturated heterocycles. The van der Waals surface area contributed by atoms with Crippen LogP contribution >= 0.6 is 0 Å². The summed E-state index contributed by atoms with van der Waals surface area (Å²) < 4.78 is 6.19. The SMILES string of the molecule is C/C(=C\CO[Si](C)(C)C(C)(C)C)[C@@H]1CCCC(=O)[C@H]1CC=O. The number of hydrogen-bond donors (Lipinski definition) is 0. The van der Waals surface area contributed by atoms with Gasteiger partial charge in [0.2, 0.25) is 0 Å². The number of ketones is 1. The van der Waals surface area contributed by atoms with Crippen molar-refractivity contribution in [2.75, 3.05) is 6.61 Å². The summed E-state index contributed by atoms with van der Waals surface area (Å²) in [4.78, 5) is 22.9. The highest BCUT2D eigenvalue weighted by Gasteiger charge is 2.37. The fourth-order valence-electron chi connectivity index (χ4n) is 2.80. The molecule has 1 aliphatic carbocycles. The molecule has 1 fully saturated rings. The molecule has 0 aromatic carbocycles. The van der Waals surface area contributed by atoms with Gasteiger partial charge in [0.1, 0.15) is 12.1 Å².